The number of amides is 1. The monoisotopic (exact) mass is 385 g/mol. The molecule has 0 aliphatic rings. The predicted octanol–water partition coefficient (Wildman–Crippen LogP) is 6.12. The Bertz CT molecular complexity index is 799. The molecule has 4 heteroatoms. The van der Waals surface area contributed by atoms with Crippen molar-refractivity contribution in [3.63, 3.8) is 0 Å². The Labute approximate surface area is 167 Å². The average Bonchev–Trinajstić information content (AvgIpc) is 2.60. The van der Waals surface area contributed by atoms with Crippen molar-refractivity contribution in [1.29, 1.82) is 0 Å². The zero-order chi connectivity index (χ0) is 20.1. The minimum atomic E-state index is -0.0852. The van der Waals surface area contributed by atoms with Crippen LogP contribution in [0.1, 0.15) is 73.6 Å². The summed E-state index contributed by atoms with van der Waals surface area (Å²) in [5.41, 5.74) is 4.14. The minimum absolute atomic E-state index is 0.0347. The van der Waals surface area contributed by atoms with Crippen molar-refractivity contribution in [2.24, 2.45) is 0 Å². The molecule has 0 saturated carbocycles. The lowest BCUT2D eigenvalue weighted by Gasteiger charge is -2.21. The highest BCUT2D eigenvalue weighted by Gasteiger charge is 2.19. The van der Waals surface area contributed by atoms with Gasteiger partial charge in [0.05, 0.1) is 18.7 Å². The number of methoxy groups -OCH3 is 1. The lowest BCUT2D eigenvalue weighted by atomic mass is 9.93. The van der Waals surface area contributed by atoms with Gasteiger partial charge < -0.3 is 10.1 Å². The van der Waals surface area contributed by atoms with E-state index < -0.39 is 0 Å². The number of hydrogen-bond acceptors (Lipinski definition) is 3. The van der Waals surface area contributed by atoms with E-state index in [-0.39, 0.29) is 11.9 Å². The molecule has 0 aliphatic heterocycles. The van der Waals surface area contributed by atoms with Crippen LogP contribution in [0.5, 0.6) is 5.75 Å². The molecule has 2 rings (SSSR count). The van der Waals surface area contributed by atoms with Crippen LogP contribution in [0.15, 0.2) is 41.3 Å². The molecule has 0 unspecified atom stereocenters. The van der Waals surface area contributed by atoms with Gasteiger partial charge in [0.25, 0.3) is 5.91 Å². The van der Waals surface area contributed by atoms with Gasteiger partial charge >= 0.3 is 0 Å². The fourth-order valence-electron chi connectivity index (χ4n) is 3.17. The second-order valence-corrected chi connectivity index (χ2v) is 9.08. The van der Waals surface area contributed by atoms with Gasteiger partial charge in [-0.1, -0.05) is 39.8 Å². The molecule has 1 atom stereocenters. The van der Waals surface area contributed by atoms with Crippen LogP contribution in [0, 0.1) is 6.92 Å². The molecule has 0 aromatic heterocycles. The molecule has 27 heavy (non-hydrogen) atoms. The van der Waals surface area contributed by atoms with E-state index in [1.807, 2.05) is 31.2 Å². The van der Waals surface area contributed by atoms with E-state index in [4.69, 9.17) is 4.74 Å². The van der Waals surface area contributed by atoms with Crippen LogP contribution in [0.4, 0.5) is 0 Å². The third kappa shape index (κ3) is 5.29. The summed E-state index contributed by atoms with van der Waals surface area (Å²) >= 11 is 1.71. The largest absolute Gasteiger partial charge is 0.496 e. The Hall–Kier alpha value is -1.94. The molecule has 1 amide bonds. The van der Waals surface area contributed by atoms with Crippen LogP contribution < -0.4 is 10.1 Å². The van der Waals surface area contributed by atoms with Gasteiger partial charge in [-0.05, 0) is 60.7 Å². The normalized spacial score (nSPS) is 12.3. The first kappa shape index (κ1) is 21.4. The molecule has 0 radical (unpaired) electrons. The second-order valence-electron chi connectivity index (χ2n) is 7.46. The lowest BCUT2D eigenvalue weighted by molar-refractivity contribution is 0.0937. The van der Waals surface area contributed by atoms with E-state index >= 15 is 0 Å². The zero-order valence-electron chi connectivity index (χ0n) is 17.4. The average molecular weight is 386 g/mol. The highest BCUT2D eigenvalue weighted by molar-refractivity contribution is 8.00. The Morgan fingerprint density at radius 1 is 1.04 bits per heavy atom. The molecule has 0 aliphatic carbocycles. The quantitative estimate of drug-likeness (QED) is 0.584. The summed E-state index contributed by atoms with van der Waals surface area (Å²) in [5.74, 6) is 1.22. The molecule has 1 N–H and O–H groups in total. The second kappa shape index (κ2) is 9.32. The molecule has 0 heterocycles. The van der Waals surface area contributed by atoms with Crippen LogP contribution in [0.3, 0.4) is 0 Å². The maximum Gasteiger partial charge on any atom is 0.252 e. The third-order valence-corrected chi connectivity index (χ3v) is 5.63. The van der Waals surface area contributed by atoms with Gasteiger partial charge in [0.15, 0.2) is 0 Å². The first-order chi connectivity index (χ1) is 12.7. The van der Waals surface area contributed by atoms with Gasteiger partial charge in [-0.15, -0.1) is 11.8 Å². The van der Waals surface area contributed by atoms with Crippen molar-refractivity contribution in [2.75, 3.05) is 7.11 Å². The van der Waals surface area contributed by atoms with Crippen molar-refractivity contribution in [2.45, 2.75) is 63.6 Å². The fourth-order valence-corrected chi connectivity index (χ4v) is 4.13. The van der Waals surface area contributed by atoms with Gasteiger partial charge in [0.1, 0.15) is 5.75 Å². The Morgan fingerprint density at radius 3 is 2.30 bits per heavy atom. The Balaban J connectivity index is 2.29. The maximum atomic E-state index is 12.9. The number of rotatable bonds is 7. The highest BCUT2D eigenvalue weighted by Crippen LogP contribution is 2.32. The smallest absolute Gasteiger partial charge is 0.252 e. The van der Waals surface area contributed by atoms with E-state index in [0.717, 1.165) is 32.9 Å². The van der Waals surface area contributed by atoms with Gasteiger partial charge in [-0.3, -0.25) is 4.79 Å². The summed E-state index contributed by atoms with van der Waals surface area (Å²) in [6, 6.07) is 12.0. The van der Waals surface area contributed by atoms with Crippen LogP contribution in [0.25, 0.3) is 0 Å². The van der Waals surface area contributed by atoms with Gasteiger partial charge in [0, 0.05) is 10.1 Å². The molecular weight excluding hydrogens is 354 g/mol. The third-order valence-electron chi connectivity index (χ3n) is 4.55. The topological polar surface area (TPSA) is 38.3 Å². The lowest BCUT2D eigenvalue weighted by Crippen LogP contribution is -2.27. The number of benzene rings is 2. The molecule has 2 aromatic carbocycles. The fraction of sp³-hybridized carbons (Fsp3) is 0.435. The summed E-state index contributed by atoms with van der Waals surface area (Å²) in [4.78, 5) is 14.0. The number of ether oxygens (including phenoxy) is 1. The van der Waals surface area contributed by atoms with Gasteiger partial charge in [-0.25, -0.2) is 0 Å². The minimum Gasteiger partial charge on any atom is -0.496 e. The molecular formula is C23H31NO2S. The SMILES string of the molecule is COc1cc(C)c([C@H](C)NC(=O)c2ccccc2SC(C)C)cc1C(C)C. The number of carbonyl (C=O) groups is 1. The maximum absolute atomic E-state index is 12.9. The number of thioether (sulfide) groups is 1. The summed E-state index contributed by atoms with van der Waals surface area (Å²) in [7, 11) is 1.70. The number of aryl methyl sites for hydroxylation is 1. The summed E-state index contributed by atoms with van der Waals surface area (Å²) < 4.78 is 5.54. The Morgan fingerprint density at radius 2 is 1.70 bits per heavy atom. The van der Waals surface area contributed by atoms with E-state index in [9.17, 15) is 4.79 Å². The van der Waals surface area contributed by atoms with E-state index in [0.29, 0.717) is 11.2 Å². The van der Waals surface area contributed by atoms with Crippen molar-refractivity contribution < 1.29 is 9.53 Å². The number of carbonyl (C=O) groups excluding carboxylic acids is 1. The van der Waals surface area contributed by atoms with Crippen molar-refractivity contribution >= 4 is 17.7 Å². The van der Waals surface area contributed by atoms with Gasteiger partial charge in [0.2, 0.25) is 0 Å². The van der Waals surface area contributed by atoms with E-state index in [2.05, 4.69) is 52.1 Å². The van der Waals surface area contributed by atoms with Crippen LogP contribution in [-0.4, -0.2) is 18.3 Å². The summed E-state index contributed by atoms with van der Waals surface area (Å²) in [6.45, 7) is 12.7. The summed E-state index contributed by atoms with van der Waals surface area (Å²) in [6.07, 6.45) is 0. The summed E-state index contributed by atoms with van der Waals surface area (Å²) in [5, 5.41) is 3.60. The van der Waals surface area contributed by atoms with E-state index in [1.54, 1.807) is 18.9 Å². The van der Waals surface area contributed by atoms with Crippen LogP contribution in [-0.2, 0) is 0 Å². The molecule has 0 fully saturated rings. The van der Waals surface area contributed by atoms with E-state index in [1.165, 1.54) is 0 Å². The molecule has 0 bridgehead atoms. The first-order valence-electron chi connectivity index (χ1n) is 9.49. The number of hydrogen-bond donors (Lipinski definition) is 1. The van der Waals surface area contributed by atoms with Gasteiger partial charge in [-0.2, -0.15) is 0 Å². The molecule has 0 saturated heterocycles. The molecule has 0 spiro atoms. The van der Waals surface area contributed by atoms with Crippen molar-refractivity contribution in [3.8, 4) is 5.75 Å². The number of nitrogens with one attached hydrogen (secondary N) is 1. The molecule has 146 valence electrons. The standard InChI is InChI=1S/C23H31NO2S/c1-14(2)19-13-20(16(5)12-21(19)26-7)17(6)24-23(25)18-10-8-9-11-22(18)27-15(3)4/h8-15,17H,1-7H3,(H,24,25)/t17-/m0/s1. The van der Waals surface area contributed by atoms with Crippen LogP contribution >= 0.6 is 11.8 Å². The molecule has 2 aromatic rings. The molecule has 3 nitrogen and oxygen atoms in total. The highest BCUT2D eigenvalue weighted by atomic mass is 32.2. The van der Waals surface area contributed by atoms with Crippen molar-refractivity contribution in [3.05, 3.63) is 58.7 Å². The zero-order valence-corrected chi connectivity index (χ0v) is 18.2. The Kier molecular flexibility index (Phi) is 7.37. The predicted molar refractivity (Wildman–Crippen MR) is 115 cm³/mol. The van der Waals surface area contributed by atoms with Crippen LogP contribution in [0.2, 0.25) is 0 Å². The van der Waals surface area contributed by atoms with Crippen molar-refractivity contribution in [1.82, 2.24) is 5.32 Å². The first-order valence-corrected chi connectivity index (χ1v) is 10.4.